The molecule has 0 aliphatic carbocycles. The van der Waals surface area contributed by atoms with Gasteiger partial charge in [0.05, 0.1) is 26.0 Å². The first-order valence-electron chi connectivity index (χ1n) is 10.7. The topological polar surface area (TPSA) is 77.7 Å². The molecule has 1 aliphatic heterocycles. The minimum absolute atomic E-state index is 0.0778. The Morgan fingerprint density at radius 1 is 1.00 bits per heavy atom. The number of aromatic nitrogens is 2. The van der Waals surface area contributed by atoms with Gasteiger partial charge in [-0.3, -0.25) is 4.79 Å². The molecule has 0 bridgehead atoms. The predicted molar refractivity (Wildman–Crippen MR) is 123 cm³/mol. The quantitative estimate of drug-likeness (QED) is 0.466. The van der Waals surface area contributed by atoms with Crippen molar-refractivity contribution < 1.29 is 18.7 Å². The third-order valence-electron chi connectivity index (χ3n) is 5.64. The van der Waals surface area contributed by atoms with Gasteiger partial charge >= 0.3 is 0 Å². The number of hydrogen-bond acceptors (Lipinski definition) is 7. The minimum Gasteiger partial charge on any atom is -0.497 e. The average Bonchev–Trinajstić information content (AvgIpc) is 3.18. The zero-order chi connectivity index (χ0) is 22.3. The summed E-state index contributed by atoms with van der Waals surface area (Å²) in [5.74, 6) is 2.35. The summed E-state index contributed by atoms with van der Waals surface area (Å²) in [6, 6.07) is 15.5. The van der Waals surface area contributed by atoms with E-state index in [9.17, 15) is 4.79 Å². The second kappa shape index (κ2) is 10.5. The summed E-state index contributed by atoms with van der Waals surface area (Å²) in [7, 11) is 3.28. The van der Waals surface area contributed by atoms with Crippen LogP contribution in [0.3, 0.4) is 0 Å². The zero-order valence-corrected chi connectivity index (χ0v) is 19.1. The van der Waals surface area contributed by atoms with Gasteiger partial charge in [-0.25, -0.2) is 0 Å². The van der Waals surface area contributed by atoms with Crippen molar-refractivity contribution in [2.45, 2.75) is 36.9 Å². The lowest BCUT2D eigenvalue weighted by atomic mass is 10.0. The Hall–Kier alpha value is -3.00. The monoisotopic (exact) mass is 453 g/mol. The van der Waals surface area contributed by atoms with Crippen LogP contribution in [0.25, 0.3) is 11.5 Å². The molecule has 8 heteroatoms. The first-order chi connectivity index (χ1) is 15.7. The van der Waals surface area contributed by atoms with Crippen molar-refractivity contribution >= 4 is 17.7 Å². The highest BCUT2D eigenvalue weighted by Crippen LogP contribution is 2.32. The molecule has 0 radical (unpaired) electrons. The SMILES string of the molecule is COc1ccc(-c2nnc(SCC(=O)N3CCCCCC3c3ccc(OC)cc3)o2)cc1. The first-order valence-corrected chi connectivity index (χ1v) is 11.7. The predicted octanol–water partition coefficient (Wildman–Crippen LogP) is 4.99. The van der Waals surface area contributed by atoms with Crippen LogP contribution >= 0.6 is 11.8 Å². The van der Waals surface area contributed by atoms with Crippen molar-refractivity contribution in [2.24, 2.45) is 0 Å². The number of methoxy groups -OCH3 is 2. The van der Waals surface area contributed by atoms with Crippen LogP contribution in [-0.2, 0) is 4.79 Å². The van der Waals surface area contributed by atoms with Crippen molar-refractivity contribution in [3.8, 4) is 23.0 Å². The van der Waals surface area contributed by atoms with Crippen LogP contribution in [0, 0.1) is 0 Å². The number of carbonyl (C=O) groups is 1. The third kappa shape index (κ3) is 5.24. The molecule has 1 unspecified atom stereocenters. The maximum Gasteiger partial charge on any atom is 0.277 e. The van der Waals surface area contributed by atoms with Crippen LogP contribution in [0.4, 0.5) is 0 Å². The van der Waals surface area contributed by atoms with Crippen molar-refractivity contribution in [2.75, 3.05) is 26.5 Å². The third-order valence-corrected chi connectivity index (χ3v) is 6.44. The molecule has 0 saturated carbocycles. The lowest BCUT2D eigenvalue weighted by molar-refractivity contribution is -0.130. The molecule has 1 aromatic heterocycles. The van der Waals surface area contributed by atoms with Gasteiger partial charge < -0.3 is 18.8 Å². The Balaban J connectivity index is 1.41. The molecule has 168 valence electrons. The summed E-state index contributed by atoms with van der Waals surface area (Å²) in [4.78, 5) is 15.2. The Labute approximate surface area is 192 Å². The maximum atomic E-state index is 13.2. The summed E-state index contributed by atoms with van der Waals surface area (Å²) in [5.41, 5.74) is 1.95. The molecule has 0 N–H and O–H groups in total. The fourth-order valence-electron chi connectivity index (χ4n) is 3.90. The van der Waals surface area contributed by atoms with E-state index in [2.05, 4.69) is 22.3 Å². The highest BCUT2D eigenvalue weighted by molar-refractivity contribution is 7.99. The molecule has 7 nitrogen and oxygen atoms in total. The van der Waals surface area contributed by atoms with Gasteiger partial charge in [0.1, 0.15) is 11.5 Å². The number of benzene rings is 2. The van der Waals surface area contributed by atoms with Crippen molar-refractivity contribution in [1.29, 1.82) is 0 Å². The summed E-state index contributed by atoms with van der Waals surface area (Å²) >= 11 is 1.28. The van der Waals surface area contributed by atoms with Gasteiger partial charge in [-0.1, -0.05) is 36.7 Å². The Bertz CT molecular complexity index is 1020. The van der Waals surface area contributed by atoms with E-state index < -0.39 is 0 Å². The second-order valence-corrected chi connectivity index (χ2v) is 8.54. The van der Waals surface area contributed by atoms with E-state index in [1.165, 1.54) is 11.8 Å². The van der Waals surface area contributed by atoms with E-state index in [1.807, 2.05) is 41.3 Å². The smallest absolute Gasteiger partial charge is 0.277 e. The molecular weight excluding hydrogens is 426 g/mol. The Kier molecular flexibility index (Phi) is 7.32. The highest BCUT2D eigenvalue weighted by atomic mass is 32.2. The number of amides is 1. The van der Waals surface area contributed by atoms with E-state index in [4.69, 9.17) is 13.9 Å². The van der Waals surface area contributed by atoms with Gasteiger partial charge in [0, 0.05) is 12.1 Å². The molecule has 32 heavy (non-hydrogen) atoms. The Morgan fingerprint density at radius 2 is 1.69 bits per heavy atom. The van der Waals surface area contributed by atoms with Gasteiger partial charge in [0.15, 0.2) is 0 Å². The van der Waals surface area contributed by atoms with Crippen LogP contribution in [0.5, 0.6) is 11.5 Å². The van der Waals surface area contributed by atoms with Gasteiger partial charge in [-0.2, -0.15) is 0 Å². The number of ether oxygens (including phenoxy) is 2. The van der Waals surface area contributed by atoms with Crippen molar-refractivity contribution in [3.05, 3.63) is 54.1 Å². The molecule has 1 fully saturated rings. The number of rotatable bonds is 7. The molecule has 4 rings (SSSR count). The number of hydrogen-bond donors (Lipinski definition) is 0. The normalized spacial score (nSPS) is 16.4. The van der Waals surface area contributed by atoms with E-state index in [0.717, 1.165) is 54.9 Å². The number of nitrogens with zero attached hydrogens (tertiary/aromatic N) is 3. The summed E-state index contributed by atoms with van der Waals surface area (Å²) < 4.78 is 16.2. The van der Waals surface area contributed by atoms with Crippen LogP contribution in [-0.4, -0.2) is 47.5 Å². The fraction of sp³-hybridized carbons (Fsp3) is 0.375. The average molecular weight is 454 g/mol. The van der Waals surface area contributed by atoms with E-state index in [1.54, 1.807) is 14.2 Å². The zero-order valence-electron chi connectivity index (χ0n) is 18.3. The van der Waals surface area contributed by atoms with E-state index >= 15 is 0 Å². The summed E-state index contributed by atoms with van der Waals surface area (Å²) in [5, 5.41) is 8.60. The van der Waals surface area contributed by atoms with Gasteiger partial charge in [0.2, 0.25) is 11.8 Å². The van der Waals surface area contributed by atoms with E-state index in [0.29, 0.717) is 11.1 Å². The van der Waals surface area contributed by atoms with Crippen molar-refractivity contribution in [3.63, 3.8) is 0 Å². The van der Waals surface area contributed by atoms with Gasteiger partial charge in [0.25, 0.3) is 5.22 Å². The summed E-state index contributed by atoms with van der Waals surface area (Å²) in [6.45, 7) is 0.761. The van der Waals surface area contributed by atoms with Crippen LogP contribution in [0.1, 0.15) is 37.3 Å². The fourth-order valence-corrected chi connectivity index (χ4v) is 4.55. The molecule has 1 atom stereocenters. The van der Waals surface area contributed by atoms with Crippen LogP contribution < -0.4 is 9.47 Å². The van der Waals surface area contributed by atoms with E-state index in [-0.39, 0.29) is 17.7 Å². The first kappa shape index (κ1) is 22.2. The van der Waals surface area contributed by atoms with Crippen molar-refractivity contribution in [1.82, 2.24) is 15.1 Å². The molecular formula is C24H27N3O4S. The minimum atomic E-state index is 0.0778. The van der Waals surface area contributed by atoms with Crippen LogP contribution in [0.15, 0.2) is 58.2 Å². The van der Waals surface area contributed by atoms with Crippen LogP contribution in [0.2, 0.25) is 0 Å². The highest BCUT2D eigenvalue weighted by Gasteiger charge is 2.27. The molecule has 2 aromatic carbocycles. The standard InChI is InChI=1S/C24H27N3O4S/c1-29-19-11-7-17(8-12-19)21-6-4-3-5-15-27(21)22(28)16-32-24-26-25-23(31-24)18-9-13-20(30-2)14-10-18/h7-14,21H,3-6,15-16H2,1-2H3. The maximum absolute atomic E-state index is 13.2. The van der Waals surface area contributed by atoms with Gasteiger partial charge in [-0.05, 0) is 54.8 Å². The molecule has 1 aliphatic rings. The lowest BCUT2D eigenvalue weighted by Gasteiger charge is -2.30. The number of carbonyl (C=O) groups excluding carboxylic acids is 1. The molecule has 0 spiro atoms. The molecule has 2 heterocycles. The largest absolute Gasteiger partial charge is 0.497 e. The molecule has 1 saturated heterocycles. The summed E-state index contributed by atoms with van der Waals surface area (Å²) in [6.07, 6.45) is 4.23. The molecule has 3 aromatic rings. The number of likely N-dealkylation sites (tertiary alicyclic amines) is 1. The molecule has 1 amide bonds. The number of thioether (sulfide) groups is 1. The second-order valence-electron chi connectivity index (χ2n) is 7.62. The Morgan fingerprint density at radius 3 is 2.38 bits per heavy atom. The lowest BCUT2D eigenvalue weighted by Crippen LogP contribution is -2.36. The van der Waals surface area contributed by atoms with Gasteiger partial charge in [-0.15, -0.1) is 10.2 Å².